The summed E-state index contributed by atoms with van der Waals surface area (Å²) >= 11 is 10.9. The molecule has 29 heavy (non-hydrogen) atoms. The Morgan fingerprint density at radius 2 is 2.07 bits per heavy atom. The van der Waals surface area contributed by atoms with Gasteiger partial charge in [0.1, 0.15) is 5.92 Å². The van der Waals surface area contributed by atoms with Crippen LogP contribution in [-0.4, -0.2) is 19.0 Å². The number of benzene rings is 2. The Balaban J connectivity index is 2.04. The molecule has 2 aromatic rings. The molecule has 0 unspecified atom stereocenters. The second-order valence-electron chi connectivity index (χ2n) is 6.26. The highest BCUT2D eigenvalue weighted by molar-refractivity contribution is 9.10. The van der Waals surface area contributed by atoms with Crippen molar-refractivity contribution in [2.24, 2.45) is 5.92 Å². The van der Waals surface area contributed by atoms with E-state index in [2.05, 4.69) is 27.3 Å². The van der Waals surface area contributed by atoms with E-state index in [4.69, 9.17) is 16.3 Å². The molecule has 0 saturated heterocycles. The van der Waals surface area contributed by atoms with Crippen LogP contribution in [0, 0.1) is 17.2 Å². The van der Waals surface area contributed by atoms with Crippen LogP contribution in [0.3, 0.4) is 0 Å². The maximum Gasteiger partial charge on any atom is 0.319 e. The number of ether oxygens (including phenoxy) is 1. The number of carbonyl (C=O) groups is 2. The fourth-order valence-electron chi connectivity index (χ4n) is 3.15. The van der Waals surface area contributed by atoms with Crippen molar-refractivity contribution in [3.63, 3.8) is 0 Å². The van der Waals surface area contributed by atoms with E-state index in [9.17, 15) is 14.9 Å². The van der Waals surface area contributed by atoms with Gasteiger partial charge in [0.25, 0.3) is 0 Å². The van der Waals surface area contributed by atoms with Crippen molar-refractivity contribution in [3.05, 3.63) is 79.8 Å². The van der Waals surface area contributed by atoms with Gasteiger partial charge < -0.3 is 10.1 Å². The number of thioether (sulfide) groups is 1. The lowest BCUT2D eigenvalue weighted by molar-refractivity contribution is -0.150. The Morgan fingerprint density at radius 3 is 2.72 bits per heavy atom. The van der Waals surface area contributed by atoms with Crippen LogP contribution in [0.1, 0.15) is 17.0 Å². The van der Waals surface area contributed by atoms with Gasteiger partial charge in [-0.1, -0.05) is 57.9 Å². The number of nitriles is 1. The third kappa shape index (κ3) is 4.67. The molecule has 0 fully saturated rings. The first kappa shape index (κ1) is 21.4. The summed E-state index contributed by atoms with van der Waals surface area (Å²) in [6.07, 6.45) is 0. The number of hydrogen-bond acceptors (Lipinski definition) is 5. The monoisotopic (exact) mass is 490 g/mol. The summed E-state index contributed by atoms with van der Waals surface area (Å²) in [4.78, 5) is 25.2. The van der Waals surface area contributed by atoms with Gasteiger partial charge in [0.05, 0.1) is 23.8 Å². The lowest BCUT2D eigenvalue weighted by atomic mass is 9.78. The van der Waals surface area contributed by atoms with Gasteiger partial charge in [-0.2, -0.15) is 5.26 Å². The van der Waals surface area contributed by atoms with E-state index in [1.807, 2.05) is 24.3 Å². The number of rotatable bonds is 5. The molecule has 8 heteroatoms. The number of allylic oxidation sites excluding steroid dienone is 1. The second-order valence-corrected chi connectivity index (χ2v) is 8.57. The molecule has 0 aliphatic carbocycles. The van der Waals surface area contributed by atoms with Crippen molar-refractivity contribution < 1.29 is 14.3 Å². The molecule has 148 valence electrons. The highest BCUT2D eigenvalue weighted by Crippen LogP contribution is 2.41. The van der Waals surface area contributed by atoms with E-state index >= 15 is 0 Å². The van der Waals surface area contributed by atoms with Gasteiger partial charge in [-0.25, -0.2) is 0 Å². The Hall–Kier alpha value is -2.27. The van der Waals surface area contributed by atoms with Gasteiger partial charge in [0, 0.05) is 21.2 Å². The maximum absolute atomic E-state index is 12.8. The topological polar surface area (TPSA) is 79.2 Å². The summed E-state index contributed by atoms with van der Waals surface area (Å²) in [5, 5.41) is 13.7. The quantitative estimate of drug-likeness (QED) is 0.481. The first-order chi connectivity index (χ1) is 14.0. The summed E-state index contributed by atoms with van der Waals surface area (Å²) in [6.45, 7) is 0. The van der Waals surface area contributed by atoms with Crippen molar-refractivity contribution >= 4 is 51.2 Å². The molecule has 1 aliphatic rings. The number of amides is 1. The van der Waals surface area contributed by atoms with Gasteiger partial charge >= 0.3 is 5.97 Å². The van der Waals surface area contributed by atoms with Gasteiger partial charge in [-0.05, 0) is 29.3 Å². The molecule has 5 nitrogen and oxygen atoms in total. The molecule has 0 aromatic heterocycles. The molecule has 3 rings (SSSR count). The van der Waals surface area contributed by atoms with Crippen molar-refractivity contribution in [3.8, 4) is 6.07 Å². The molecule has 0 radical (unpaired) electrons. The van der Waals surface area contributed by atoms with E-state index in [1.54, 1.807) is 24.3 Å². The molecule has 2 aromatic carbocycles. The number of halogens is 2. The zero-order valence-electron chi connectivity index (χ0n) is 15.3. The van der Waals surface area contributed by atoms with Crippen LogP contribution >= 0.6 is 39.3 Å². The number of nitrogens with zero attached hydrogens (tertiary/aromatic N) is 1. The Kier molecular flexibility index (Phi) is 7.01. The van der Waals surface area contributed by atoms with Crippen LogP contribution in [0.25, 0.3) is 0 Å². The summed E-state index contributed by atoms with van der Waals surface area (Å²) in [7, 11) is 1.23. The normalized spacial score (nSPS) is 18.8. The average Bonchev–Trinajstić information content (AvgIpc) is 2.72. The van der Waals surface area contributed by atoms with Gasteiger partial charge in [-0.15, -0.1) is 11.8 Å². The lowest BCUT2D eigenvalue weighted by Gasteiger charge is -2.31. The van der Waals surface area contributed by atoms with Gasteiger partial charge in [0.15, 0.2) is 0 Å². The largest absolute Gasteiger partial charge is 0.468 e. The third-order valence-electron chi connectivity index (χ3n) is 4.52. The van der Waals surface area contributed by atoms with Gasteiger partial charge in [0.2, 0.25) is 5.91 Å². The van der Waals surface area contributed by atoms with Crippen LogP contribution < -0.4 is 5.32 Å². The molecule has 0 bridgehead atoms. The van der Waals surface area contributed by atoms with E-state index in [1.165, 1.54) is 18.9 Å². The summed E-state index contributed by atoms with van der Waals surface area (Å²) in [6, 6.07) is 16.8. The standard InChI is InChI=1S/C21H16BrClN2O3S/c1-28-21(27)18-17(12-6-4-7-14(22)9-12)15(10-24)20(25-19(18)26)29-11-13-5-2-3-8-16(13)23/h2-9,17-18H,11H2,1H3,(H,25,26)/t17-,18-/m1/s1. The van der Waals surface area contributed by atoms with Crippen molar-refractivity contribution in [1.82, 2.24) is 5.32 Å². The minimum absolute atomic E-state index is 0.315. The number of esters is 1. The average molecular weight is 492 g/mol. The zero-order chi connectivity index (χ0) is 21.0. The van der Waals surface area contributed by atoms with Crippen LogP contribution in [0.2, 0.25) is 5.02 Å². The Labute approximate surface area is 186 Å². The predicted octanol–water partition coefficient (Wildman–Crippen LogP) is 4.77. The third-order valence-corrected chi connectivity index (χ3v) is 6.45. The number of nitrogens with one attached hydrogen (secondary N) is 1. The first-order valence-corrected chi connectivity index (χ1v) is 10.8. The molecule has 2 atom stereocenters. The van der Waals surface area contributed by atoms with Crippen molar-refractivity contribution in [2.75, 3.05) is 7.11 Å². The van der Waals surface area contributed by atoms with Crippen molar-refractivity contribution in [1.29, 1.82) is 5.26 Å². The van der Waals surface area contributed by atoms with Gasteiger partial charge in [-0.3, -0.25) is 9.59 Å². The highest BCUT2D eigenvalue weighted by atomic mass is 79.9. The molecular formula is C21H16BrClN2O3S. The Morgan fingerprint density at radius 1 is 1.31 bits per heavy atom. The van der Waals surface area contributed by atoms with Crippen LogP contribution in [0.4, 0.5) is 0 Å². The van der Waals surface area contributed by atoms with E-state index < -0.39 is 23.7 Å². The molecule has 1 heterocycles. The number of hydrogen-bond donors (Lipinski definition) is 1. The summed E-state index contributed by atoms with van der Waals surface area (Å²) in [5.74, 6) is -2.60. The van der Waals surface area contributed by atoms with E-state index in [0.29, 0.717) is 26.9 Å². The van der Waals surface area contributed by atoms with E-state index in [0.717, 1.165) is 10.0 Å². The number of carbonyl (C=O) groups excluding carboxylic acids is 2. The number of methoxy groups -OCH3 is 1. The van der Waals surface area contributed by atoms with Crippen molar-refractivity contribution in [2.45, 2.75) is 11.7 Å². The van der Waals surface area contributed by atoms with Crippen LogP contribution in [0.5, 0.6) is 0 Å². The molecule has 1 aliphatic heterocycles. The lowest BCUT2D eigenvalue weighted by Crippen LogP contribution is -2.44. The summed E-state index contributed by atoms with van der Waals surface area (Å²) in [5.41, 5.74) is 1.87. The minimum Gasteiger partial charge on any atom is -0.468 e. The SMILES string of the molecule is COC(=O)[C@H]1C(=O)NC(SCc2ccccc2Cl)=C(C#N)[C@H]1c1cccc(Br)c1. The zero-order valence-corrected chi connectivity index (χ0v) is 18.5. The smallest absolute Gasteiger partial charge is 0.319 e. The van der Waals surface area contributed by atoms with Crippen LogP contribution in [0.15, 0.2) is 63.6 Å². The maximum atomic E-state index is 12.8. The molecule has 0 spiro atoms. The second kappa shape index (κ2) is 9.49. The fraction of sp³-hybridized carbons (Fsp3) is 0.190. The minimum atomic E-state index is -1.14. The molecule has 0 saturated carbocycles. The van der Waals surface area contributed by atoms with Crippen LogP contribution in [-0.2, 0) is 20.1 Å². The predicted molar refractivity (Wildman–Crippen MR) is 116 cm³/mol. The molecular weight excluding hydrogens is 476 g/mol. The highest BCUT2D eigenvalue weighted by Gasteiger charge is 2.44. The Bertz CT molecular complexity index is 1030. The fourth-order valence-corrected chi connectivity index (χ4v) is 4.90. The summed E-state index contributed by atoms with van der Waals surface area (Å²) < 4.78 is 5.63. The molecule has 1 N–H and O–H groups in total. The van der Waals surface area contributed by atoms with E-state index in [-0.39, 0.29) is 0 Å². The first-order valence-electron chi connectivity index (χ1n) is 8.61. The molecule has 1 amide bonds.